The second-order valence-corrected chi connectivity index (χ2v) is 6.79. The Kier molecular flexibility index (Phi) is 19.1. The minimum absolute atomic E-state index is 0.340. The van der Waals surface area contributed by atoms with Crippen molar-refractivity contribution in [1.82, 2.24) is 0 Å². The lowest BCUT2D eigenvalue weighted by Crippen LogP contribution is -2.21. The normalized spacial score (nSPS) is 10.4. The topological polar surface area (TPSA) is 63.2 Å². The molecule has 6 nitrogen and oxygen atoms in total. The van der Waals surface area contributed by atoms with Crippen LogP contribution in [-0.4, -0.2) is 59.8 Å². The van der Waals surface area contributed by atoms with Gasteiger partial charge in [0.2, 0.25) is 0 Å². The van der Waals surface area contributed by atoms with E-state index in [4.69, 9.17) is 22.4 Å². The number of ether oxygens (including phenoxy) is 1. The van der Waals surface area contributed by atoms with Gasteiger partial charge in [-0.15, -0.1) is 0 Å². The van der Waals surface area contributed by atoms with Crippen LogP contribution in [0.5, 0.6) is 0 Å². The van der Waals surface area contributed by atoms with Crippen LogP contribution in [0.25, 0.3) is 0 Å². The van der Waals surface area contributed by atoms with Crippen LogP contribution in [-0.2, 0) is 27.2 Å². The van der Waals surface area contributed by atoms with Crippen LogP contribution < -0.4 is 0 Å². The van der Waals surface area contributed by atoms with Crippen molar-refractivity contribution in [2.24, 2.45) is 0 Å². The van der Waals surface area contributed by atoms with E-state index in [2.05, 4.69) is 6.58 Å². The van der Waals surface area contributed by atoms with E-state index >= 15 is 0 Å². The van der Waals surface area contributed by atoms with Crippen LogP contribution in [0.1, 0.15) is 13.3 Å². The van der Waals surface area contributed by atoms with Crippen LogP contribution in [0.3, 0.4) is 0 Å². The summed E-state index contributed by atoms with van der Waals surface area (Å²) in [6, 6.07) is 1.07. The van der Waals surface area contributed by atoms with Crippen molar-refractivity contribution in [2.75, 3.05) is 34.5 Å². The van der Waals surface area contributed by atoms with E-state index in [0.717, 1.165) is 19.1 Å². The average Bonchev–Trinajstić information content (AvgIpc) is 2.45. The number of hydrogen-bond acceptors (Lipinski definition) is 6. The largest absolute Gasteiger partial charge is 0.483 e. The van der Waals surface area contributed by atoms with Crippen molar-refractivity contribution in [2.45, 2.75) is 19.4 Å². The second kappa shape index (κ2) is 17.5. The molecule has 0 heterocycles. The zero-order chi connectivity index (χ0) is 14.9. The van der Waals surface area contributed by atoms with Gasteiger partial charge in [-0.2, -0.15) is 0 Å². The van der Waals surface area contributed by atoms with E-state index in [1.165, 1.54) is 6.08 Å². The molecule has 0 N–H and O–H groups in total. The number of rotatable bonds is 10. The van der Waals surface area contributed by atoms with Crippen LogP contribution in [0.2, 0.25) is 6.04 Å². The van der Waals surface area contributed by atoms with Crippen LogP contribution >= 0.6 is 0 Å². The molecule has 0 aliphatic carbocycles. The van der Waals surface area contributed by atoms with Gasteiger partial charge in [-0.25, -0.2) is 4.79 Å². The fourth-order valence-electron chi connectivity index (χ4n) is 0.971. The maximum absolute atomic E-state index is 10.5. The van der Waals surface area contributed by atoms with Crippen LogP contribution in [0, 0.1) is 0 Å². The van der Waals surface area contributed by atoms with Crippen molar-refractivity contribution in [1.29, 1.82) is 0 Å². The molecule has 8 heteroatoms. The Morgan fingerprint density at radius 3 is 2.21 bits per heavy atom. The van der Waals surface area contributed by atoms with Crippen LogP contribution in [0.15, 0.2) is 12.7 Å². The summed E-state index contributed by atoms with van der Waals surface area (Å²) >= 11 is 0. The van der Waals surface area contributed by atoms with Crippen molar-refractivity contribution in [3.8, 4) is 0 Å². The van der Waals surface area contributed by atoms with Crippen molar-refractivity contribution < 1.29 is 27.2 Å². The molecular weight excluding hydrogens is 284 g/mol. The SMILES string of the molecule is C=CC(=O)OCCC[SiH2]OCC.CO[SiH](OC)OC. The quantitative estimate of drug-likeness (QED) is 0.250. The zero-order valence-corrected chi connectivity index (χ0v) is 14.9. The predicted molar refractivity (Wildman–Crippen MR) is 78.9 cm³/mol. The van der Waals surface area contributed by atoms with E-state index in [1.807, 2.05) is 6.92 Å². The molecule has 0 fully saturated rings. The van der Waals surface area contributed by atoms with Crippen LogP contribution in [0.4, 0.5) is 0 Å². The second-order valence-electron chi connectivity index (χ2n) is 3.27. The van der Waals surface area contributed by atoms with Gasteiger partial charge < -0.3 is 22.4 Å². The number of esters is 1. The molecule has 0 aliphatic heterocycles. The molecule has 0 aromatic carbocycles. The molecule has 0 saturated carbocycles. The monoisotopic (exact) mass is 310 g/mol. The fourth-order valence-corrected chi connectivity index (χ4v) is 2.45. The summed E-state index contributed by atoms with van der Waals surface area (Å²) in [7, 11) is 2.69. The minimum atomic E-state index is -1.67. The summed E-state index contributed by atoms with van der Waals surface area (Å²) in [5, 5.41) is 0. The highest BCUT2D eigenvalue weighted by Crippen LogP contribution is 1.91. The van der Waals surface area contributed by atoms with Crippen molar-refractivity contribution >= 4 is 25.3 Å². The Balaban J connectivity index is 0. The van der Waals surface area contributed by atoms with Gasteiger partial charge in [0.25, 0.3) is 0 Å². The molecule has 0 unspecified atom stereocenters. The number of carbonyl (C=O) groups excluding carboxylic acids is 1. The van der Waals surface area contributed by atoms with Gasteiger partial charge in [-0.3, -0.25) is 0 Å². The van der Waals surface area contributed by atoms with Gasteiger partial charge in [0.05, 0.1) is 6.61 Å². The average molecular weight is 310 g/mol. The zero-order valence-electron chi connectivity index (χ0n) is 12.3. The summed E-state index contributed by atoms with van der Waals surface area (Å²) in [6.45, 7) is 6.58. The molecular formula is C11H26O6Si2. The van der Waals surface area contributed by atoms with Gasteiger partial charge >= 0.3 is 15.5 Å². The third-order valence-corrected chi connectivity index (χ3v) is 4.52. The molecule has 0 rings (SSSR count). The third kappa shape index (κ3) is 17.5. The smallest absolute Gasteiger partial charge is 0.463 e. The predicted octanol–water partition coefficient (Wildman–Crippen LogP) is 0.287. The molecule has 0 aromatic heterocycles. The highest BCUT2D eigenvalue weighted by atomic mass is 28.3. The maximum Gasteiger partial charge on any atom is 0.483 e. The highest BCUT2D eigenvalue weighted by molar-refractivity contribution is 6.36. The van der Waals surface area contributed by atoms with Crippen molar-refractivity contribution in [3.05, 3.63) is 12.7 Å². The Morgan fingerprint density at radius 1 is 1.26 bits per heavy atom. The first kappa shape index (κ1) is 20.8. The standard InChI is InChI=1S/C8H16O3Si.C3H10O3Si/c1-3-8(9)10-6-5-7-12-11-4-2;1-4-7(5-2)6-3/h3H,1,4-7,12H2,2H3;7H,1-3H3. The Bertz CT molecular complexity index is 206. The maximum atomic E-state index is 10.5. The molecule has 114 valence electrons. The van der Waals surface area contributed by atoms with E-state index in [0.29, 0.717) is 6.61 Å². The Hall–Kier alpha value is -0.516. The lowest BCUT2D eigenvalue weighted by molar-refractivity contribution is -0.137. The Labute approximate surface area is 119 Å². The number of carbonyl (C=O) groups is 1. The van der Waals surface area contributed by atoms with Gasteiger partial charge in [0, 0.05) is 34.0 Å². The molecule has 19 heavy (non-hydrogen) atoms. The summed E-state index contributed by atoms with van der Waals surface area (Å²) in [4.78, 5) is 10.5. The van der Waals surface area contributed by atoms with Gasteiger partial charge in [-0.05, 0) is 19.4 Å². The molecule has 0 bridgehead atoms. The number of hydrogen-bond donors (Lipinski definition) is 0. The summed E-state index contributed by atoms with van der Waals surface area (Å²) < 4.78 is 24.3. The Morgan fingerprint density at radius 2 is 1.84 bits per heavy atom. The first-order valence-electron chi connectivity index (χ1n) is 6.11. The van der Waals surface area contributed by atoms with E-state index in [-0.39, 0.29) is 15.7 Å². The van der Waals surface area contributed by atoms with Crippen molar-refractivity contribution in [3.63, 3.8) is 0 Å². The third-order valence-electron chi connectivity index (χ3n) is 1.88. The molecule has 0 amide bonds. The van der Waals surface area contributed by atoms with E-state index in [1.54, 1.807) is 21.3 Å². The molecule has 0 saturated heterocycles. The fraction of sp³-hybridized carbons (Fsp3) is 0.727. The first-order chi connectivity index (χ1) is 9.15. The van der Waals surface area contributed by atoms with Gasteiger partial charge in [0.15, 0.2) is 9.76 Å². The molecule has 0 spiro atoms. The molecule has 0 radical (unpaired) electrons. The molecule has 0 atom stereocenters. The highest BCUT2D eigenvalue weighted by Gasteiger charge is 2.04. The van der Waals surface area contributed by atoms with Gasteiger partial charge in [0.1, 0.15) is 0 Å². The summed E-state index contributed by atoms with van der Waals surface area (Å²) in [5.41, 5.74) is 0. The minimum Gasteiger partial charge on any atom is -0.463 e. The lowest BCUT2D eigenvalue weighted by atomic mass is 10.5. The van der Waals surface area contributed by atoms with E-state index in [9.17, 15) is 4.79 Å². The molecule has 0 aromatic rings. The van der Waals surface area contributed by atoms with E-state index < -0.39 is 9.53 Å². The summed E-state index contributed by atoms with van der Waals surface area (Å²) in [6.07, 6.45) is 2.09. The first-order valence-corrected chi connectivity index (χ1v) is 9.10. The lowest BCUT2D eigenvalue weighted by Gasteiger charge is -2.05. The van der Waals surface area contributed by atoms with Gasteiger partial charge in [-0.1, -0.05) is 6.58 Å². The molecule has 0 aliphatic rings. The summed E-state index contributed by atoms with van der Waals surface area (Å²) in [5.74, 6) is -0.340.